The first kappa shape index (κ1) is 26.5. The number of terminal acetylenes is 1. The van der Waals surface area contributed by atoms with Gasteiger partial charge in [0.25, 0.3) is 0 Å². The number of rotatable bonds is 5. The molecule has 4 aliphatic rings. The zero-order valence-electron chi connectivity index (χ0n) is 23.7. The maximum Gasteiger partial charge on any atom is 0.319 e. The number of pyridine rings is 1. The van der Waals surface area contributed by atoms with Gasteiger partial charge in [0.05, 0.1) is 16.6 Å². The van der Waals surface area contributed by atoms with Gasteiger partial charge < -0.3 is 20.1 Å². The van der Waals surface area contributed by atoms with Crippen molar-refractivity contribution in [1.29, 1.82) is 0 Å². The van der Waals surface area contributed by atoms with Crippen LogP contribution >= 0.6 is 0 Å². The Morgan fingerprint density at radius 2 is 1.79 bits per heavy atom. The minimum Gasteiger partial charge on any atom is -0.508 e. The van der Waals surface area contributed by atoms with Gasteiger partial charge in [-0.05, 0) is 86.8 Å². The second-order valence-corrected chi connectivity index (χ2v) is 12.4. The van der Waals surface area contributed by atoms with E-state index in [1.165, 1.54) is 24.3 Å². The van der Waals surface area contributed by atoms with Crippen molar-refractivity contribution in [2.45, 2.75) is 56.1 Å². The summed E-state index contributed by atoms with van der Waals surface area (Å²) in [5.41, 5.74) is 1.04. The Bertz CT molecular complexity index is 1800. The molecule has 4 aromatic rings. The number of benzene rings is 2. The first-order valence-corrected chi connectivity index (χ1v) is 15.1. The van der Waals surface area contributed by atoms with Crippen LogP contribution in [0.15, 0.2) is 30.3 Å². The number of phenolic OH excluding ortho intramolecular Hbond substituents is 1. The lowest BCUT2D eigenvalue weighted by Crippen LogP contribution is -2.51. The largest absolute Gasteiger partial charge is 0.508 e. The molecule has 43 heavy (non-hydrogen) atoms. The minimum atomic E-state index is -0.783. The number of piperazine rings is 1. The number of nitrogens with zero attached hydrogens (tertiary/aromatic N) is 5. The lowest BCUT2D eigenvalue weighted by molar-refractivity contribution is 0.108. The molecular formula is C33H32F2N6O2. The molecule has 0 radical (unpaired) electrons. The molecule has 2 N–H and O–H groups in total. The number of ether oxygens (including phenoxy) is 1. The van der Waals surface area contributed by atoms with Crippen molar-refractivity contribution < 1.29 is 18.6 Å². The molecule has 220 valence electrons. The van der Waals surface area contributed by atoms with Gasteiger partial charge in [0.15, 0.2) is 5.82 Å². The van der Waals surface area contributed by atoms with Gasteiger partial charge in [0.2, 0.25) is 5.95 Å². The van der Waals surface area contributed by atoms with E-state index < -0.39 is 11.8 Å². The van der Waals surface area contributed by atoms with Crippen LogP contribution in [0.5, 0.6) is 11.8 Å². The second kappa shape index (κ2) is 10.00. The Balaban J connectivity index is 1.28. The lowest BCUT2D eigenvalue weighted by Gasteiger charge is -2.34. The highest BCUT2D eigenvalue weighted by Gasteiger charge is 2.45. The average molecular weight is 583 g/mol. The third-order valence-corrected chi connectivity index (χ3v) is 9.87. The van der Waals surface area contributed by atoms with Crippen LogP contribution < -0.4 is 15.0 Å². The van der Waals surface area contributed by atoms with Crippen LogP contribution in [0.25, 0.3) is 32.9 Å². The van der Waals surface area contributed by atoms with Crippen molar-refractivity contribution in [3.63, 3.8) is 0 Å². The number of halogens is 2. The molecule has 4 saturated heterocycles. The van der Waals surface area contributed by atoms with E-state index in [0.717, 1.165) is 64.7 Å². The van der Waals surface area contributed by atoms with Crippen molar-refractivity contribution in [3.8, 4) is 35.2 Å². The molecule has 8 rings (SSSR count). The van der Waals surface area contributed by atoms with Gasteiger partial charge in [-0.1, -0.05) is 12.0 Å². The molecule has 6 heterocycles. The Hall–Kier alpha value is -4.07. The first-order chi connectivity index (χ1) is 20.9. The van der Waals surface area contributed by atoms with E-state index in [1.807, 2.05) is 0 Å². The molecule has 2 aromatic carbocycles. The molecule has 4 fully saturated rings. The number of aromatic nitrogens is 3. The lowest BCUT2D eigenvalue weighted by atomic mass is 9.94. The van der Waals surface area contributed by atoms with Crippen molar-refractivity contribution in [2.75, 3.05) is 37.7 Å². The smallest absolute Gasteiger partial charge is 0.319 e. The summed E-state index contributed by atoms with van der Waals surface area (Å²) in [5.74, 6) is 1.47. The summed E-state index contributed by atoms with van der Waals surface area (Å²) in [6.07, 6.45) is 12.3. The Labute approximate surface area is 248 Å². The van der Waals surface area contributed by atoms with Crippen LogP contribution in [-0.4, -0.2) is 75.4 Å². The van der Waals surface area contributed by atoms with Gasteiger partial charge in [-0.15, -0.1) is 6.42 Å². The summed E-state index contributed by atoms with van der Waals surface area (Å²) in [6.45, 7) is 4.12. The van der Waals surface area contributed by atoms with E-state index in [-0.39, 0.29) is 34.0 Å². The fraction of sp³-hybridized carbons (Fsp3) is 0.424. The number of hydrogen-bond acceptors (Lipinski definition) is 8. The van der Waals surface area contributed by atoms with Crippen LogP contribution in [0.2, 0.25) is 0 Å². The fourth-order valence-corrected chi connectivity index (χ4v) is 7.88. The normalized spacial score (nSPS) is 22.8. The van der Waals surface area contributed by atoms with E-state index in [9.17, 15) is 9.50 Å². The van der Waals surface area contributed by atoms with Gasteiger partial charge in [0, 0.05) is 36.1 Å². The molecule has 4 aliphatic heterocycles. The number of fused-ring (bicyclic) bond motifs is 5. The molecule has 0 amide bonds. The highest BCUT2D eigenvalue weighted by atomic mass is 19.1. The van der Waals surface area contributed by atoms with E-state index >= 15 is 4.39 Å². The molecule has 2 unspecified atom stereocenters. The molecule has 10 heteroatoms. The van der Waals surface area contributed by atoms with Crippen LogP contribution in [0, 0.1) is 24.1 Å². The molecular weight excluding hydrogens is 550 g/mol. The molecule has 0 saturated carbocycles. The van der Waals surface area contributed by atoms with Crippen LogP contribution in [-0.2, 0) is 0 Å². The maximum absolute atomic E-state index is 16.1. The van der Waals surface area contributed by atoms with E-state index in [2.05, 4.69) is 26.0 Å². The average Bonchev–Trinajstić information content (AvgIpc) is 3.68. The zero-order valence-corrected chi connectivity index (χ0v) is 23.7. The third-order valence-electron chi connectivity index (χ3n) is 9.87. The van der Waals surface area contributed by atoms with Crippen LogP contribution in [0.3, 0.4) is 0 Å². The molecule has 2 bridgehead atoms. The Morgan fingerprint density at radius 1 is 1.02 bits per heavy atom. The zero-order chi connectivity index (χ0) is 29.3. The standard InChI is InChI=1S/C33H32F2N6O2/c1-2-23-26(34)8-5-19-13-22(42)14-24(28(19)23)25-15-27-29(38-30(25)35)31(40-16-20-6-7-21(17-40)36-20)39-32(37-27)43-18-33-9-3-11-41(33)12-4-10-33/h1,5,8,13-15,20-21,36,42H,3-4,6-7,9-12,16-18H2. The molecule has 2 atom stereocenters. The molecule has 8 nitrogen and oxygen atoms in total. The number of anilines is 1. The highest BCUT2D eigenvalue weighted by molar-refractivity contribution is 6.03. The summed E-state index contributed by atoms with van der Waals surface area (Å²) in [6, 6.07) is 8.10. The van der Waals surface area contributed by atoms with Gasteiger partial charge in [0.1, 0.15) is 23.7 Å². The maximum atomic E-state index is 16.1. The van der Waals surface area contributed by atoms with Gasteiger partial charge in [-0.3, -0.25) is 4.90 Å². The van der Waals surface area contributed by atoms with E-state index in [1.54, 1.807) is 6.07 Å². The van der Waals surface area contributed by atoms with Gasteiger partial charge in [-0.2, -0.15) is 14.4 Å². The topological polar surface area (TPSA) is 86.6 Å². The number of hydrogen-bond donors (Lipinski definition) is 2. The van der Waals surface area contributed by atoms with E-state index in [0.29, 0.717) is 46.3 Å². The van der Waals surface area contributed by atoms with Crippen molar-refractivity contribution in [3.05, 3.63) is 47.7 Å². The second-order valence-electron chi connectivity index (χ2n) is 12.4. The fourth-order valence-electron chi connectivity index (χ4n) is 7.88. The summed E-state index contributed by atoms with van der Waals surface area (Å²) in [7, 11) is 0. The summed E-state index contributed by atoms with van der Waals surface area (Å²) < 4.78 is 37.2. The van der Waals surface area contributed by atoms with Crippen LogP contribution in [0.4, 0.5) is 14.6 Å². The molecule has 0 aliphatic carbocycles. The Kier molecular flexibility index (Phi) is 6.17. The number of nitrogens with one attached hydrogen (secondary N) is 1. The van der Waals surface area contributed by atoms with Crippen molar-refractivity contribution in [2.24, 2.45) is 0 Å². The highest BCUT2D eigenvalue weighted by Crippen LogP contribution is 2.41. The van der Waals surface area contributed by atoms with E-state index in [4.69, 9.17) is 21.1 Å². The molecule has 2 aromatic heterocycles. The summed E-state index contributed by atoms with van der Waals surface area (Å²) in [4.78, 5) is 18.7. The number of aromatic hydroxyl groups is 1. The number of phenols is 1. The van der Waals surface area contributed by atoms with Crippen molar-refractivity contribution in [1.82, 2.24) is 25.2 Å². The Morgan fingerprint density at radius 3 is 2.53 bits per heavy atom. The minimum absolute atomic E-state index is 0.00683. The SMILES string of the molecule is C#Cc1c(F)ccc2cc(O)cc(-c3cc4nc(OCC56CCCN5CCC6)nc(N5CC6CCC(C5)N6)c4nc3F)c12. The first-order valence-electron chi connectivity index (χ1n) is 15.1. The summed E-state index contributed by atoms with van der Waals surface area (Å²) in [5, 5.41) is 15.0. The predicted molar refractivity (Wildman–Crippen MR) is 160 cm³/mol. The monoisotopic (exact) mass is 582 g/mol. The quantitative estimate of drug-likeness (QED) is 0.258. The third kappa shape index (κ3) is 4.36. The predicted octanol–water partition coefficient (Wildman–Crippen LogP) is 4.76. The van der Waals surface area contributed by atoms with Gasteiger partial charge in [-0.25, -0.2) is 9.37 Å². The summed E-state index contributed by atoms with van der Waals surface area (Å²) >= 11 is 0. The van der Waals surface area contributed by atoms with Crippen molar-refractivity contribution >= 4 is 27.6 Å². The van der Waals surface area contributed by atoms with Gasteiger partial charge >= 0.3 is 6.01 Å². The molecule has 0 spiro atoms. The van der Waals surface area contributed by atoms with Crippen LogP contribution in [0.1, 0.15) is 44.1 Å².